The van der Waals surface area contributed by atoms with Crippen LogP contribution >= 0.6 is 0 Å². The van der Waals surface area contributed by atoms with E-state index in [1.807, 2.05) is 0 Å². The molecule has 0 atom stereocenters. The van der Waals surface area contributed by atoms with Gasteiger partial charge in [-0.3, -0.25) is 9.59 Å². The number of ketones is 1. The van der Waals surface area contributed by atoms with Gasteiger partial charge in [0.15, 0.2) is 28.8 Å². The second kappa shape index (κ2) is 10.8. The number of methoxy groups -OCH3 is 3. The lowest BCUT2D eigenvalue weighted by Gasteiger charge is -2.12. The zero-order chi connectivity index (χ0) is 22.1. The van der Waals surface area contributed by atoms with Crippen molar-refractivity contribution in [2.75, 3.05) is 27.9 Å². The highest BCUT2D eigenvalue weighted by Gasteiger charge is 2.14. The highest BCUT2D eigenvalue weighted by atomic mass is 16.6. The van der Waals surface area contributed by atoms with Crippen molar-refractivity contribution in [3.05, 3.63) is 47.5 Å². The first-order valence-corrected chi connectivity index (χ1v) is 9.18. The van der Waals surface area contributed by atoms with Crippen LogP contribution in [0.3, 0.4) is 0 Å². The van der Waals surface area contributed by atoms with Crippen molar-refractivity contribution in [1.29, 1.82) is 0 Å². The van der Waals surface area contributed by atoms with Gasteiger partial charge in [-0.25, -0.2) is 4.79 Å². The summed E-state index contributed by atoms with van der Waals surface area (Å²) in [5.41, 5.74) is 0.808. The first-order chi connectivity index (χ1) is 14.4. The number of benzene rings is 2. The molecule has 0 amide bonds. The molecule has 2 aromatic carbocycles. The summed E-state index contributed by atoms with van der Waals surface area (Å²) in [5.74, 6) is 0.321. The maximum absolute atomic E-state index is 12.1. The molecule has 8 nitrogen and oxygen atoms in total. The second-order valence-electron chi connectivity index (χ2n) is 6.21. The van der Waals surface area contributed by atoms with Gasteiger partial charge in [-0.15, -0.1) is 0 Å². The van der Waals surface area contributed by atoms with Crippen molar-refractivity contribution in [3.8, 4) is 23.0 Å². The molecule has 0 aliphatic rings. The first kappa shape index (κ1) is 22.7. The summed E-state index contributed by atoms with van der Waals surface area (Å²) >= 11 is 0. The minimum atomic E-state index is -0.518. The van der Waals surface area contributed by atoms with E-state index in [2.05, 4.69) is 4.74 Å². The van der Waals surface area contributed by atoms with Crippen LogP contribution in [0.15, 0.2) is 36.4 Å². The van der Waals surface area contributed by atoms with Crippen LogP contribution in [0.2, 0.25) is 0 Å². The molecule has 30 heavy (non-hydrogen) atoms. The molecule has 0 aliphatic heterocycles. The van der Waals surface area contributed by atoms with Crippen molar-refractivity contribution < 1.29 is 38.1 Å². The Balaban J connectivity index is 1.88. The quantitative estimate of drug-likeness (QED) is 0.251. The van der Waals surface area contributed by atoms with Gasteiger partial charge >= 0.3 is 11.9 Å². The minimum absolute atomic E-state index is 0.0716. The van der Waals surface area contributed by atoms with Gasteiger partial charge in [0.1, 0.15) is 0 Å². The monoisotopic (exact) mass is 416 g/mol. The predicted octanol–water partition coefficient (Wildman–Crippen LogP) is 3.46. The van der Waals surface area contributed by atoms with Crippen molar-refractivity contribution in [1.82, 2.24) is 0 Å². The lowest BCUT2D eigenvalue weighted by atomic mass is 10.1. The van der Waals surface area contributed by atoms with E-state index in [0.717, 1.165) is 0 Å². The summed E-state index contributed by atoms with van der Waals surface area (Å²) < 4.78 is 26.0. The third-order valence-electron chi connectivity index (χ3n) is 4.16. The van der Waals surface area contributed by atoms with Crippen molar-refractivity contribution in [2.45, 2.75) is 19.8 Å². The molecule has 0 heterocycles. The predicted molar refractivity (Wildman–Crippen MR) is 108 cm³/mol. The molecule has 8 heteroatoms. The van der Waals surface area contributed by atoms with E-state index >= 15 is 0 Å². The van der Waals surface area contributed by atoms with Crippen molar-refractivity contribution in [2.24, 2.45) is 0 Å². The molecule has 0 spiro atoms. The van der Waals surface area contributed by atoms with Gasteiger partial charge in [0.2, 0.25) is 0 Å². The largest absolute Gasteiger partial charge is 0.493 e. The van der Waals surface area contributed by atoms with Gasteiger partial charge in [-0.2, -0.15) is 0 Å². The van der Waals surface area contributed by atoms with Crippen LogP contribution < -0.4 is 18.9 Å². The van der Waals surface area contributed by atoms with Crippen molar-refractivity contribution >= 4 is 17.7 Å². The number of ether oxygens (including phenoxy) is 5. The topological polar surface area (TPSA) is 97.4 Å². The maximum Gasteiger partial charge on any atom is 0.337 e. The molecule has 0 saturated heterocycles. The molecule has 0 N–H and O–H groups in total. The number of Topliss-reactive ketones (excluding diaryl/α,β-unsaturated/α-hetero) is 1. The fourth-order valence-corrected chi connectivity index (χ4v) is 2.57. The smallest absolute Gasteiger partial charge is 0.337 e. The maximum atomic E-state index is 12.1. The third kappa shape index (κ3) is 5.97. The molecule has 2 aromatic rings. The number of hydrogen-bond acceptors (Lipinski definition) is 8. The van der Waals surface area contributed by atoms with Crippen LogP contribution in [0.4, 0.5) is 0 Å². The van der Waals surface area contributed by atoms with Crippen molar-refractivity contribution in [3.63, 3.8) is 0 Å². The Morgan fingerprint density at radius 3 is 2.03 bits per heavy atom. The average molecular weight is 416 g/mol. The summed E-state index contributed by atoms with van der Waals surface area (Å²) in [6.45, 7) is 1.72. The number of esters is 2. The third-order valence-corrected chi connectivity index (χ3v) is 4.16. The number of hydrogen-bond donors (Lipinski definition) is 0. The summed E-state index contributed by atoms with van der Waals surface area (Å²) in [7, 11) is 4.17. The fraction of sp³-hybridized carbons (Fsp3) is 0.318. The zero-order valence-electron chi connectivity index (χ0n) is 17.4. The van der Waals surface area contributed by atoms with Crippen LogP contribution in [0.25, 0.3) is 0 Å². The molecule has 2 rings (SSSR count). The Labute approximate surface area is 174 Å². The van der Waals surface area contributed by atoms with Gasteiger partial charge in [-0.1, -0.05) is 0 Å². The molecule has 0 radical (unpaired) electrons. The zero-order valence-corrected chi connectivity index (χ0v) is 17.4. The lowest BCUT2D eigenvalue weighted by Crippen LogP contribution is -2.11. The molecule has 0 aromatic heterocycles. The number of carbonyl (C=O) groups is 3. The van der Waals surface area contributed by atoms with Crippen LogP contribution in [0.1, 0.15) is 40.5 Å². The van der Waals surface area contributed by atoms with Crippen LogP contribution in [-0.2, 0) is 9.53 Å². The normalized spacial score (nSPS) is 10.1. The Kier molecular flexibility index (Phi) is 8.22. The molecular formula is C22H24O8. The van der Waals surface area contributed by atoms with Crippen LogP contribution in [-0.4, -0.2) is 45.7 Å². The molecule has 0 unspecified atom stereocenters. The summed E-state index contributed by atoms with van der Waals surface area (Å²) in [6, 6.07) is 9.31. The average Bonchev–Trinajstić information content (AvgIpc) is 2.76. The highest BCUT2D eigenvalue weighted by molar-refractivity contribution is 5.94. The minimum Gasteiger partial charge on any atom is -0.493 e. The Hall–Kier alpha value is -3.55. The lowest BCUT2D eigenvalue weighted by molar-refractivity contribution is -0.134. The molecule has 0 aliphatic carbocycles. The fourth-order valence-electron chi connectivity index (χ4n) is 2.57. The van der Waals surface area contributed by atoms with Gasteiger partial charge < -0.3 is 23.7 Å². The number of rotatable bonds is 10. The number of carbonyl (C=O) groups excluding carboxylic acids is 3. The summed E-state index contributed by atoms with van der Waals surface area (Å²) in [4.78, 5) is 35.1. The highest BCUT2D eigenvalue weighted by Crippen LogP contribution is 2.30. The van der Waals surface area contributed by atoms with E-state index < -0.39 is 11.9 Å². The van der Waals surface area contributed by atoms with Gasteiger partial charge in [0.25, 0.3) is 0 Å². The summed E-state index contributed by atoms with van der Waals surface area (Å²) in [6.07, 6.45) is 0.509. The van der Waals surface area contributed by atoms with E-state index in [1.165, 1.54) is 46.5 Å². The van der Waals surface area contributed by atoms with Crippen LogP contribution in [0.5, 0.6) is 23.0 Å². The van der Waals surface area contributed by atoms with Crippen LogP contribution in [0, 0.1) is 0 Å². The molecule has 0 fully saturated rings. The van der Waals surface area contributed by atoms with Gasteiger partial charge in [0, 0.05) is 12.0 Å². The van der Waals surface area contributed by atoms with Gasteiger partial charge in [-0.05, 0) is 49.7 Å². The van der Waals surface area contributed by atoms with E-state index in [1.54, 1.807) is 18.2 Å². The second-order valence-corrected chi connectivity index (χ2v) is 6.21. The van der Waals surface area contributed by atoms with E-state index in [0.29, 0.717) is 23.5 Å². The molecular weight excluding hydrogens is 392 g/mol. The molecule has 160 valence electrons. The van der Waals surface area contributed by atoms with E-state index in [-0.39, 0.29) is 35.9 Å². The first-order valence-electron chi connectivity index (χ1n) is 9.18. The Morgan fingerprint density at radius 2 is 1.40 bits per heavy atom. The standard InChI is InChI=1S/C22H24O8/c1-14(23)15-7-9-17(19(12-15)26-2)29-11-5-6-21(24)30-18-10-8-16(22(25)28-4)13-20(18)27-3/h7-10,12-13H,5-6,11H2,1-4H3. The Bertz CT molecular complexity index is 919. The summed E-state index contributed by atoms with van der Waals surface area (Å²) in [5, 5.41) is 0. The van der Waals surface area contributed by atoms with E-state index in [4.69, 9.17) is 18.9 Å². The molecule has 0 bridgehead atoms. The van der Waals surface area contributed by atoms with Gasteiger partial charge in [0.05, 0.1) is 33.5 Å². The Morgan fingerprint density at radius 1 is 0.800 bits per heavy atom. The van der Waals surface area contributed by atoms with E-state index in [9.17, 15) is 14.4 Å². The molecule has 0 saturated carbocycles. The SMILES string of the molecule is COC(=O)c1ccc(OC(=O)CCCOc2ccc(C(C)=O)cc2OC)c(OC)c1.